The van der Waals surface area contributed by atoms with Gasteiger partial charge in [0.05, 0.1) is 19.3 Å². The van der Waals surface area contributed by atoms with Crippen molar-refractivity contribution < 1.29 is 19.4 Å². The number of carbonyl (C=O) groups is 2. The lowest BCUT2D eigenvalue weighted by Crippen LogP contribution is -2.46. The van der Waals surface area contributed by atoms with E-state index in [4.69, 9.17) is 9.84 Å². The number of rotatable bonds is 4. The van der Waals surface area contributed by atoms with Gasteiger partial charge in [-0.15, -0.1) is 0 Å². The summed E-state index contributed by atoms with van der Waals surface area (Å²) >= 11 is 1.56. The molecule has 1 aromatic heterocycles. The summed E-state index contributed by atoms with van der Waals surface area (Å²) in [4.78, 5) is 22.5. The van der Waals surface area contributed by atoms with Crippen molar-refractivity contribution in [2.75, 3.05) is 13.2 Å². The lowest BCUT2D eigenvalue weighted by molar-refractivity contribution is -0.142. The zero-order valence-corrected chi connectivity index (χ0v) is 10.4. The molecule has 0 aromatic carbocycles. The summed E-state index contributed by atoms with van der Waals surface area (Å²) in [5, 5.41) is 18.1. The Morgan fingerprint density at radius 3 is 3.00 bits per heavy atom. The molecule has 18 heavy (non-hydrogen) atoms. The van der Waals surface area contributed by atoms with Crippen molar-refractivity contribution in [3.63, 3.8) is 0 Å². The van der Waals surface area contributed by atoms with E-state index in [1.807, 2.05) is 16.8 Å². The molecule has 0 radical (unpaired) electrons. The second-order valence-electron chi connectivity index (χ2n) is 4.05. The third kappa shape index (κ3) is 3.21. The van der Waals surface area contributed by atoms with E-state index in [0.29, 0.717) is 6.54 Å². The zero-order valence-electron chi connectivity index (χ0n) is 9.59. The largest absolute Gasteiger partial charge is 0.481 e. The molecular formula is C11H14N2O4S. The SMILES string of the molecule is O=C(NCc1ccsc1)NC1COCC1C(=O)O. The van der Waals surface area contributed by atoms with Crippen LogP contribution in [0, 0.1) is 5.92 Å². The van der Waals surface area contributed by atoms with Gasteiger partial charge in [0.1, 0.15) is 5.92 Å². The molecule has 1 aromatic rings. The zero-order chi connectivity index (χ0) is 13.0. The summed E-state index contributed by atoms with van der Waals surface area (Å²) in [5.41, 5.74) is 1.02. The Bertz CT molecular complexity index is 421. The predicted molar refractivity (Wildman–Crippen MR) is 65.4 cm³/mol. The highest BCUT2D eigenvalue weighted by Crippen LogP contribution is 2.13. The number of ether oxygens (including phenoxy) is 1. The molecule has 0 bridgehead atoms. The number of carbonyl (C=O) groups excluding carboxylic acids is 1. The minimum absolute atomic E-state index is 0.144. The Balaban J connectivity index is 1.78. The number of thiophene rings is 1. The fourth-order valence-corrected chi connectivity index (χ4v) is 2.40. The molecule has 98 valence electrons. The van der Waals surface area contributed by atoms with E-state index >= 15 is 0 Å². The number of amides is 2. The summed E-state index contributed by atoms with van der Waals surface area (Å²) in [6, 6.07) is 1.08. The molecule has 1 aliphatic heterocycles. The Morgan fingerprint density at radius 2 is 2.33 bits per heavy atom. The predicted octanol–water partition coefficient (Wildman–Crippen LogP) is 0.647. The summed E-state index contributed by atoms with van der Waals surface area (Å²) < 4.78 is 5.06. The molecule has 6 nitrogen and oxygen atoms in total. The Kier molecular flexibility index (Phi) is 4.16. The average molecular weight is 270 g/mol. The molecule has 2 amide bonds. The number of hydrogen-bond acceptors (Lipinski definition) is 4. The van der Waals surface area contributed by atoms with Crippen molar-refractivity contribution in [1.29, 1.82) is 0 Å². The number of carboxylic acids is 1. The Labute approximate surface area is 108 Å². The highest BCUT2D eigenvalue weighted by Gasteiger charge is 2.34. The van der Waals surface area contributed by atoms with Crippen molar-refractivity contribution in [3.8, 4) is 0 Å². The molecule has 1 fully saturated rings. The molecule has 2 rings (SSSR count). The monoisotopic (exact) mass is 270 g/mol. The van der Waals surface area contributed by atoms with Crippen molar-refractivity contribution in [3.05, 3.63) is 22.4 Å². The van der Waals surface area contributed by atoms with Crippen LogP contribution >= 0.6 is 11.3 Å². The van der Waals surface area contributed by atoms with Gasteiger partial charge in [0.15, 0.2) is 0 Å². The van der Waals surface area contributed by atoms with Crippen molar-refractivity contribution >= 4 is 23.3 Å². The Morgan fingerprint density at radius 1 is 1.50 bits per heavy atom. The van der Waals surface area contributed by atoms with Gasteiger partial charge in [0, 0.05) is 6.54 Å². The first-order chi connectivity index (χ1) is 8.66. The van der Waals surface area contributed by atoms with Crippen molar-refractivity contribution in [1.82, 2.24) is 10.6 Å². The van der Waals surface area contributed by atoms with Gasteiger partial charge < -0.3 is 20.5 Å². The first kappa shape index (κ1) is 12.8. The lowest BCUT2D eigenvalue weighted by Gasteiger charge is -2.15. The van der Waals surface area contributed by atoms with Gasteiger partial charge in [-0.3, -0.25) is 4.79 Å². The maximum atomic E-state index is 11.6. The summed E-state index contributed by atoms with van der Waals surface area (Å²) in [7, 11) is 0. The van der Waals surface area contributed by atoms with E-state index in [1.165, 1.54) is 0 Å². The van der Waals surface area contributed by atoms with Crippen LogP contribution in [-0.4, -0.2) is 36.4 Å². The first-order valence-corrected chi connectivity index (χ1v) is 6.47. The van der Waals surface area contributed by atoms with Crippen LogP contribution < -0.4 is 10.6 Å². The third-order valence-corrected chi connectivity index (χ3v) is 3.48. The number of carboxylic acid groups (broad SMARTS) is 1. The maximum Gasteiger partial charge on any atom is 0.315 e. The van der Waals surface area contributed by atoms with Gasteiger partial charge in [-0.2, -0.15) is 11.3 Å². The molecule has 0 aliphatic carbocycles. The molecule has 3 N–H and O–H groups in total. The fourth-order valence-electron chi connectivity index (χ4n) is 1.73. The second-order valence-corrected chi connectivity index (χ2v) is 4.83. The minimum atomic E-state index is -0.948. The fraction of sp³-hybridized carbons (Fsp3) is 0.455. The molecule has 7 heteroatoms. The van der Waals surface area contributed by atoms with Crippen LogP contribution in [0.25, 0.3) is 0 Å². The van der Waals surface area contributed by atoms with Gasteiger partial charge in [0.2, 0.25) is 0 Å². The molecule has 1 aliphatic rings. The molecule has 0 spiro atoms. The van der Waals surface area contributed by atoms with Crippen LogP contribution in [0.5, 0.6) is 0 Å². The molecule has 2 heterocycles. The van der Waals surface area contributed by atoms with Gasteiger partial charge in [-0.05, 0) is 22.4 Å². The normalized spacial score (nSPS) is 22.7. The summed E-state index contributed by atoms with van der Waals surface area (Å²) in [6.45, 7) is 0.814. The highest BCUT2D eigenvalue weighted by molar-refractivity contribution is 7.07. The second kappa shape index (κ2) is 5.83. The van der Waals surface area contributed by atoms with E-state index in [9.17, 15) is 9.59 Å². The van der Waals surface area contributed by atoms with E-state index in [-0.39, 0.29) is 19.2 Å². The molecule has 2 unspecified atom stereocenters. The first-order valence-electron chi connectivity index (χ1n) is 5.53. The van der Waals surface area contributed by atoms with Crippen LogP contribution in [0.1, 0.15) is 5.56 Å². The third-order valence-electron chi connectivity index (χ3n) is 2.75. The summed E-state index contributed by atoms with van der Waals surface area (Å²) in [5.74, 6) is -1.62. The highest BCUT2D eigenvalue weighted by atomic mass is 32.1. The van der Waals surface area contributed by atoms with Crippen molar-refractivity contribution in [2.45, 2.75) is 12.6 Å². The smallest absolute Gasteiger partial charge is 0.315 e. The van der Waals surface area contributed by atoms with Crippen LogP contribution in [0.3, 0.4) is 0 Å². The number of urea groups is 1. The molecular weight excluding hydrogens is 256 g/mol. The van der Waals surface area contributed by atoms with Crippen LogP contribution in [-0.2, 0) is 16.1 Å². The molecule has 1 saturated heterocycles. The van der Waals surface area contributed by atoms with Crippen LogP contribution in [0.4, 0.5) is 4.79 Å². The molecule has 0 saturated carbocycles. The van der Waals surface area contributed by atoms with Crippen LogP contribution in [0.15, 0.2) is 16.8 Å². The van der Waals surface area contributed by atoms with Gasteiger partial charge >= 0.3 is 12.0 Å². The van der Waals surface area contributed by atoms with Crippen LogP contribution in [0.2, 0.25) is 0 Å². The van der Waals surface area contributed by atoms with E-state index in [1.54, 1.807) is 11.3 Å². The number of aliphatic carboxylic acids is 1. The minimum Gasteiger partial charge on any atom is -0.481 e. The standard InChI is InChI=1S/C11H14N2O4S/c14-10(15)8-4-17-5-9(8)13-11(16)12-3-7-1-2-18-6-7/h1-2,6,8-9H,3-5H2,(H,14,15)(H2,12,13,16). The summed E-state index contributed by atoms with van der Waals surface area (Å²) in [6.07, 6.45) is 0. The van der Waals surface area contributed by atoms with E-state index in [2.05, 4.69) is 10.6 Å². The number of hydrogen-bond donors (Lipinski definition) is 3. The lowest BCUT2D eigenvalue weighted by atomic mass is 10.0. The maximum absolute atomic E-state index is 11.6. The van der Waals surface area contributed by atoms with Gasteiger partial charge in [-0.25, -0.2) is 4.79 Å². The Hall–Kier alpha value is -1.60. The average Bonchev–Trinajstić information content (AvgIpc) is 2.96. The quantitative estimate of drug-likeness (QED) is 0.749. The van der Waals surface area contributed by atoms with Crippen molar-refractivity contribution in [2.24, 2.45) is 5.92 Å². The van der Waals surface area contributed by atoms with Gasteiger partial charge in [0.25, 0.3) is 0 Å². The topological polar surface area (TPSA) is 87.7 Å². The number of nitrogens with one attached hydrogen (secondary N) is 2. The molecule has 2 atom stereocenters. The van der Waals surface area contributed by atoms with E-state index in [0.717, 1.165) is 5.56 Å². The van der Waals surface area contributed by atoms with E-state index < -0.39 is 17.9 Å². The van der Waals surface area contributed by atoms with Gasteiger partial charge in [-0.1, -0.05) is 0 Å².